The lowest BCUT2D eigenvalue weighted by atomic mass is 10.1. The summed E-state index contributed by atoms with van der Waals surface area (Å²) in [6.07, 6.45) is -0.354. The largest absolute Gasteiger partial charge is 0.586 e. The van der Waals surface area contributed by atoms with Crippen molar-refractivity contribution >= 4 is 17.5 Å². The second-order valence-electron chi connectivity index (χ2n) is 9.26. The molecule has 0 aliphatic carbocycles. The van der Waals surface area contributed by atoms with Crippen LogP contribution < -0.4 is 14.8 Å². The topological polar surface area (TPSA) is 102 Å². The predicted octanol–water partition coefficient (Wildman–Crippen LogP) is 4.61. The molecule has 2 aromatic carbocycles. The molecule has 0 atom stereocenters. The van der Waals surface area contributed by atoms with Gasteiger partial charge in [-0.05, 0) is 53.9 Å². The number of alkyl halides is 2. The Hall–Kier alpha value is -4.58. The smallest absolute Gasteiger partial charge is 0.395 e. The van der Waals surface area contributed by atoms with E-state index in [-0.39, 0.29) is 42.2 Å². The van der Waals surface area contributed by atoms with E-state index >= 15 is 0 Å². The highest BCUT2D eigenvalue weighted by Gasteiger charge is 2.44. The minimum atomic E-state index is -3.76. The first-order chi connectivity index (χ1) is 18.7. The van der Waals surface area contributed by atoms with Gasteiger partial charge in [-0.15, -0.1) is 8.78 Å². The Balaban J connectivity index is 1.26. The number of aryl methyl sites for hydroxylation is 1. The molecule has 39 heavy (non-hydrogen) atoms. The van der Waals surface area contributed by atoms with Gasteiger partial charge in [0, 0.05) is 37.6 Å². The Kier molecular flexibility index (Phi) is 5.91. The highest BCUT2D eigenvalue weighted by Crippen LogP contribution is 2.46. The SMILES string of the molecule is Cc1cnc(Nc2cccc3c2OC(F)(F)O3)nc1-c1cc2n(c1)CCN(Cc1cc(F)ccc1CO)C2=O. The second kappa shape index (κ2) is 9.31. The molecule has 4 heterocycles. The zero-order valence-corrected chi connectivity index (χ0v) is 20.6. The number of fused-ring (bicyclic) bond motifs is 2. The van der Waals surface area contributed by atoms with Gasteiger partial charge >= 0.3 is 6.29 Å². The minimum Gasteiger partial charge on any atom is -0.395 e. The lowest BCUT2D eigenvalue weighted by Gasteiger charge is -2.29. The number of carbonyl (C=O) groups excluding carboxylic acids is 1. The highest BCUT2D eigenvalue weighted by molar-refractivity contribution is 5.95. The van der Waals surface area contributed by atoms with Crippen LogP contribution in [0.1, 0.15) is 27.2 Å². The number of benzene rings is 2. The third-order valence-corrected chi connectivity index (χ3v) is 6.63. The van der Waals surface area contributed by atoms with Gasteiger partial charge in [0.1, 0.15) is 11.5 Å². The lowest BCUT2D eigenvalue weighted by molar-refractivity contribution is -0.286. The van der Waals surface area contributed by atoms with Crippen molar-refractivity contribution in [3.8, 4) is 22.8 Å². The summed E-state index contributed by atoms with van der Waals surface area (Å²) in [6, 6.07) is 10.3. The average Bonchev–Trinajstić information content (AvgIpc) is 3.47. The molecule has 9 nitrogen and oxygen atoms in total. The second-order valence-corrected chi connectivity index (χ2v) is 9.26. The summed E-state index contributed by atoms with van der Waals surface area (Å²) in [7, 11) is 0. The highest BCUT2D eigenvalue weighted by atomic mass is 19.3. The molecule has 0 fully saturated rings. The third kappa shape index (κ3) is 4.63. The maximum Gasteiger partial charge on any atom is 0.586 e. The van der Waals surface area contributed by atoms with Crippen molar-refractivity contribution in [1.82, 2.24) is 19.4 Å². The fraction of sp³-hybridized carbons (Fsp3) is 0.222. The molecule has 0 saturated carbocycles. The standard InChI is InChI=1S/C27H22F3N5O4/c1-15-11-31-26(32-20-3-2-4-22-24(20)39-27(29,30)38-22)33-23(15)18-10-21-25(37)35(8-7-34(21)13-18)12-17-9-19(28)6-5-16(17)14-36/h2-6,9-11,13,36H,7-8,12,14H2,1H3,(H,31,32,33). The molecule has 2 aromatic heterocycles. The molecule has 0 spiro atoms. The number of rotatable bonds is 6. The molecule has 1 amide bonds. The van der Waals surface area contributed by atoms with Gasteiger partial charge in [-0.3, -0.25) is 4.79 Å². The van der Waals surface area contributed by atoms with Crippen molar-refractivity contribution < 1.29 is 32.5 Å². The number of ether oxygens (including phenoxy) is 2. The lowest BCUT2D eigenvalue weighted by Crippen LogP contribution is -2.39. The van der Waals surface area contributed by atoms with Crippen LogP contribution in [0.25, 0.3) is 11.3 Å². The van der Waals surface area contributed by atoms with Crippen LogP contribution in [0.4, 0.5) is 24.8 Å². The van der Waals surface area contributed by atoms with Crippen LogP contribution in [0.5, 0.6) is 11.5 Å². The van der Waals surface area contributed by atoms with E-state index in [9.17, 15) is 23.1 Å². The molecule has 2 aliphatic heterocycles. The van der Waals surface area contributed by atoms with Crippen LogP contribution in [0.3, 0.4) is 0 Å². The van der Waals surface area contributed by atoms with Crippen LogP contribution >= 0.6 is 0 Å². The number of nitrogens with one attached hydrogen (secondary N) is 1. The summed E-state index contributed by atoms with van der Waals surface area (Å²) in [5, 5.41) is 12.5. The van der Waals surface area contributed by atoms with Crippen molar-refractivity contribution in [3.05, 3.63) is 83.1 Å². The molecule has 6 rings (SSSR count). The van der Waals surface area contributed by atoms with Gasteiger partial charge in [0.2, 0.25) is 5.95 Å². The molecule has 2 aliphatic rings. The number of hydrogen-bond donors (Lipinski definition) is 2. The summed E-state index contributed by atoms with van der Waals surface area (Å²) in [5.41, 5.74) is 3.73. The number of para-hydroxylation sites is 1. The Labute approximate surface area is 220 Å². The molecular weight excluding hydrogens is 515 g/mol. The summed E-state index contributed by atoms with van der Waals surface area (Å²) < 4.78 is 51.9. The van der Waals surface area contributed by atoms with Gasteiger partial charge in [0.15, 0.2) is 11.5 Å². The van der Waals surface area contributed by atoms with E-state index in [0.717, 1.165) is 5.56 Å². The third-order valence-electron chi connectivity index (χ3n) is 6.63. The molecule has 12 heteroatoms. The molecule has 200 valence electrons. The van der Waals surface area contributed by atoms with E-state index in [1.165, 1.54) is 36.4 Å². The Morgan fingerprint density at radius 3 is 2.79 bits per heavy atom. The van der Waals surface area contributed by atoms with Gasteiger partial charge < -0.3 is 29.4 Å². The van der Waals surface area contributed by atoms with Gasteiger partial charge in [-0.2, -0.15) is 0 Å². The fourth-order valence-corrected chi connectivity index (χ4v) is 4.73. The van der Waals surface area contributed by atoms with E-state index in [1.807, 2.05) is 17.7 Å². The van der Waals surface area contributed by atoms with Crippen molar-refractivity contribution in [2.75, 3.05) is 11.9 Å². The number of aromatic nitrogens is 3. The monoisotopic (exact) mass is 537 g/mol. The van der Waals surface area contributed by atoms with Crippen molar-refractivity contribution in [2.45, 2.75) is 32.9 Å². The van der Waals surface area contributed by atoms with Crippen LogP contribution in [0.15, 0.2) is 54.9 Å². The first-order valence-corrected chi connectivity index (χ1v) is 12.1. The zero-order chi connectivity index (χ0) is 27.3. The number of amides is 1. The van der Waals surface area contributed by atoms with E-state index in [4.69, 9.17) is 0 Å². The van der Waals surface area contributed by atoms with Crippen molar-refractivity contribution in [1.29, 1.82) is 0 Å². The molecule has 0 saturated heterocycles. The van der Waals surface area contributed by atoms with Gasteiger partial charge in [0.05, 0.1) is 18.0 Å². The first-order valence-electron chi connectivity index (χ1n) is 12.1. The average molecular weight is 537 g/mol. The number of nitrogens with zero attached hydrogens (tertiary/aromatic N) is 4. The number of halogens is 3. The Morgan fingerprint density at radius 1 is 1.13 bits per heavy atom. The van der Waals surface area contributed by atoms with Gasteiger partial charge in [-0.25, -0.2) is 14.4 Å². The van der Waals surface area contributed by atoms with Gasteiger partial charge in [-0.1, -0.05) is 12.1 Å². The Bertz CT molecular complexity index is 1610. The van der Waals surface area contributed by atoms with E-state index in [0.29, 0.717) is 41.2 Å². The molecule has 0 unspecified atom stereocenters. The normalized spacial score (nSPS) is 15.4. The molecule has 4 aromatic rings. The summed E-state index contributed by atoms with van der Waals surface area (Å²) in [4.78, 5) is 23.8. The van der Waals surface area contributed by atoms with Crippen LogP contribution in [-0.4, -0.2) is 43.3 Å². The fourth-order valence-electron chi connectivity index (χ4n) is 4.73. The van der Waals surface area contributed by atoms with Crippen LogP contribution in [-0.2, 0) is 19.7 Å². The van der Waals surface area contributed by atoms with Crippen molar-refractivity contribution in [2.24, 2.45) is 0 Å². The maximum atomic E-state index is 13.8. The van der Waals surface area contributed by atoms with Crippen LogP contribution in [0, 0.1) is 12.7 Å². The summed E-state index contributed by atoms with van der Waals surface area (Å²) >= 11 is 0. The number of aliphatic hydroxyl groups excluding tert-OH is 1. The van der Waals surface area contributed by atoms with E-state index < -0.39 is 12.1 Å². The minimum absolute atomic E-state index is 0.107. The first kappa shape index (κ1) is 24.7. The molecular formula is C27H22F3N5O4. The number of carbonyl (C=O) groups is 1. The predicted molar refractivity (Wildman–Crippen MR) is 133 cm³/mol. The van der Waals surface area contributed by atoms with E-state index in [1.54, 1.807) is 17.2 Å². The quantitative estimate of drug-likeness (QED) is 0.371. The maximum absolute atomic E-state index is 13.8. The molecule has 0 bridgehead atoms. The Morgan fingerprint density at radius 2 is 1.97 bits per heavy atom. The summed E-state index contributed by atoms with van der Waals surface area (Å²) in [6.45, 7) is 2.65. The number of hydrogen-bond acceptors (Lipinski definition) is 7. The molecule has 2 N–H and O–H groups in total. The van der Waals surface area contributed by atoms with Gasteiger partial charge in [0.25, 0.3) is 5.91 Å². The zero-order valence-electron chi connectivity index (χ0n) is 20.6. The van der Waals surface area contributed by atoms with Crippen LogP contribution in [0.2, 0.25) is 0 Å². The van der Waals surface area contributed by atoms with E-state index in [2.05, 4.69) is 24.8 Å². The van der Waals surface area contributed by atoms with Crippen molar-refractivity contribution in [3.63, 3.8) is 0 Å². The molecule has 0 radical (unpaired) electrons. The number of anilines is 2. The number of aliphatic hydroxyl groups is 1. The summed E-state index contributed by atoms with van der Waals surface area (Å²) in [5.74, 6) is -0.786.